The van der Waals surface area contributed by atoms with Gasteiger partial charge in [-0.3, -0.25) is 9.48 Å². The summed E-state index contributed by atoms with van der Waals surface area (Å²) < 4.78 is 29.4. The normalized spacial score (nSPS) is 18.1. The van der Waals surface area contributed by atoms with Gasteiger partial charge in [-0.05, 0) is 29.7 Å². The van der Waals surface area contributed by atoms with Crippen molar-refractivity contribution in [1.29, 1.82) is 0 Å². The number of rotatable bonds is 6. The smallest absolute Gasteiger partial charge is 0.253 e. The summed E-state index contributed by atoms with van der Waals surface area (Å²) in [4.78, 5) is 13.2. The molecule has 1 aliphatic heterocycles. The topological polar surface area (TPSA) is 90.5 Å². The second-order valence-corrected chi connectivity index (χ2v) is 8.75. The van der Waals surface area contributed by atoms with Gasteiger partial charge >= 0.3 is 0 Å². The van der Waals surface area contributed by atoms with E-state index >= 15 is 4.39 Å². The molecule has 1 fully saturated rings. The highest BCUT2D eigenvalue weighted by molar-refractivity contribution is 6.08. The highest BCUT2D eigenvalue weighted by atomic mass is 19.1. The molecule has 5 rings (SSSR count). The number of methoxy groups -OCH3 is 1. The third-order valence-corrected chi connectivity index (χ3v) is 6.38. The van der Waals surface area contributed by atoms with E-state index in [9.17, 15) is 9.90 Å². The molecule has 0 radical (unpaired) electrons. The highest BCUT2D eigenvalue weighted by Crippen LogP contribution is 2.33. The lowest BCUT2D eigenvalue weighted by molar-refractivity contribution is -0.0260. The van der Waals surface area contributed by atoms with Gasteiger partial charge in [-0.25, -0.2) is 4.39 Å². The van der Waals surface area contributed by atoms with Crippen molar-refractivity contribution < 1.29 is 23.8 Å². The largest absolute Gasteiger partial charge is 0.495 e. The Morgan fingerprint density at radius 2 is 2.03 bits per heavy atom. The van der Waals surface area contributed by atoms with Crippen molar-refractivity contribution in [2.45, 2.75) is 25.1 Å². The minimum Gasteiger partial charge on any atom is -0.495 e. The maximum absolute atomic E-state index is 15.0. The number of carbonyl (C=O) groups is 1. The number of hydrogen-bond donors (Lipinski definition) is 2. The maximum Gasteiger partial charge on any atom is 0.253 e. The van der Waals surface area contributed by atoms with E-state index in [-0.39, 0.29) is 17.6 Å². The van der Waals surface area contributed by atoms with E-state index in [1.165, 1.54) is 13.2 Å². The molecule has 2 aromatic heterocycles. The molecule has 0 aliphatic carbocycles. The number of nitrogens with zero attached hydrogens (tertiary/aromatic N) is 3. The average molecular weight is 479 g/mol. The minimum atomic E-state index is -0.807. The van der Waals surface area contributed by atoms with Gasteiger partial charge in [0.15, 0.2) is 0 Å². The van der Waals surface area contributed by atoms with E-state index in [2.05, 4.69) is 10.4 Å². The van der Waals surface area contributed by atoms with Gasteiger partial charge in [0, 0.05) is 38.2 Å². The number of hydrogen-bond acceptors (Lipinski definition) is 5. The molecule has 2 unspecified atom stereocenters. The van der Waals surface area contributed by atoms with Crippen LogP contribution in [0.2, 0.25) is 0 Å². The van der Waals surface area contributed by atoms with Crippen LogP contribution in [0.15, 0.2) is 55.0 Å². The molecule has 35 heavy (non-hydrogen) atoms. The van der Waals surface area contributed by atoms with Crippen LogP contribution in [0, 0.1) is 5.82 Å². The van der Waals surface area contributed by atoms with Crippen molar-refractivity contribution in [2.24, 2.45) is 7.05 Å². The van der Waals surface area contributed by atoms with Gasteiger partial charge in [0.05, 0.1) is 48.5 Å². The van der Waals surface area contributed by atoms with Crippen LogP contribution < -0.4 is 10.1 Å². The lowest BCUT2D eigenvalue weighted by Crippen LogP contribution is -2.48. The van der Waals surface area contributed by atoms with Crippen LogP contribution in [0.25, 0.3) is 22.0 Å². The molecule has 0 saturated carbocycles. The number of benzene rings is 2. The summed E-state index contributed by atoms with van der Waals surface area (Å²) in [7, 11) is 3.39. The molecule has 2 aromatic carbocycles. The van der Waals surface area contributed by atoms with Gasteiger partial charge in [-0.2, -0.15) is 5.10 Å². The van der Waals surface area contributed by atoms with Gasteiger partial charge < -0.3 is 24.5 Å². The van der Waals surface area contributed by atoms with Crippen LogP contribution in [0.1, 0.15) is 22.3 Å². The van der Waals surface area contributed by atoms with Gasteiger partial charge in [-0.15, -0.1) is 0 Å². The summed E-state index contributed by atoms with van der Waals surface area (Å²) >= 11 is 0. The number of fused-ring (bicyclic) bond motifs is 1. The van der Waals surface area contributed by atoms with Crippen molar-refractivity contribution >= 4 is 16.8 Å². The number of halogens is 1. The number of nitrogens with one attached hydrogen (secondary N) is 1. The van der Waals surface area contributed by atoms with E-state index in [4.69, 9.17) is 9.47 Å². The zero-order chi connectivity index (χ0) is 24.5. The number of aliphatic hydroxyl groups is 1. The van der Waals surface area contributed by atoms with E-state index in [1.807, 2.05) is 48.3 Å². The lowest BCUT2D eigenvalue weighted by Gasteiger charge is -2.28. The summed E-state index contributed by atoms with van der Waals surface area (Å²) in [5, 5.41) is 17.4. The Balaban J connectivity index is 1.49. The quantitative estimate of drug-likeness (QED) is 0.445. The minimum absolute atomic E-state index is 0.157. The molecule has 0 spiro atoms. The van der Waals surface area contributed by atoms with E-state index in [0.717, 1.165) is 16.7 Å². The fraction of sp³-hybridized carbons (Fsp3) is 0.308. The van der Waals surface area contributed by atoms with E-state index in [1.54, 1.807) is 16.9 Å². The molecule has 0 bridgehead atoms. The number of amides is 1. The van der Waals surface area contributed by atoms with E-state index < -0.39 is 23.9 Å². The zero-order valence-electron chi connectivity index (χ0n) is 19.6. The third-order valence-electron chi connectivity index (χ3n) is 6.38. The van der Waals surface area contributed by atoms with Crippen LogP contribution >= 0.6 is 0 Å². The SMILES string of the molecule is COc1ccc(F)c2c(C(=O)NC3CCOCC3O)cn(Cc3ccc(-c4cnn(C)c4)cc3)c12. The van der Waals surface area contributed by atoms with Gasteiger partial charge in [0.2, 0.25) is 0 Å². The van der Waals surface area contributed by atoms with E-state index in [0.29, 0.717) is 30.8 Å². The van der Waals surface area contributed by atoms with Gasteiger partial charge in [0.1, 0.15) is 11.6 Å². The Morgan fingerprint density at radius 1 is 1.23 bits per heavy atom. The Bertz CT molecular complexity index is 1360. The summed E-state index contributed by atoms with van der Waals surface area (Å²) in [6, 6.07) is 10.4. The third kappa shape index (κ3) is 4.52. The molecule has 4 aromatic rings. The van der Waals surface area contributed by atoms with Crippen molar-refractivity contribution in [1.82, 2.24) is 19.7 Å². The first-order valence-electron chi connectivity index (χ1n) is 11.4. The zero-order valence-corrected chi connectivity index (χ0v) is 19.6. The molecule has 2 atom stereocenters. The molecular formula is C26H27FN4O4. The second-order valence-electron chi connectivity index (χ2n) is 8.75. The first kappa shape index (κ1) is 23.1. The molecule has 2 N–H and O–H groups in total. The Morgan fingerprint density at radius 3 is 2.71 bits per heavy atom. The van der Waals surface area contributed by atoms with Crippen LogP contribution in [-0.2, 0) is 18.3 Å². The Hall–Kier alpha value is -3.69. The van der Waals surface area contributed by atoms with Crippen LogP contribution in [0.5, 0.6) is 5.75 Å². The molecule has 3 heterocycles. The predicted octanol–water partition coefficient (Wildman–Crippen LogP) is 3.12. The van der Waals surface area contributed by atoms with Crippen molar-refractivity contribution in [3.63, 3.8) is 0 Å². The van der Waals surface area contributed by atoms with Crippen LogP contribution in [0.4, 0.5) is 4.39 Å². The average Bonchev–Trinajstić information content (AvgIpc) is 3.46. The number of aliphatic hydroxyl groups excluding tert-OH is 1. The summed E-state index contributed by atoms with van der Waals surface area (Å²) in [6.07, 6.45) is 5.08. The summed E-state index contributed by atoms with van der Waals surface area (Å²) in [6.45, 7) is 1.02. The first-order chi connectivity index (χ1) is 16.9. The van der Waals surface area contributed by atoms with Crippen molar-refractivity contribution in [2.75, 3.05) is 20.3 Å². The Labute approximate surface area is 201 Å². The maximum atomic E-state index is 15.0. The molecular weight excluding hydrogens is 451 g/mol. The molecule has 1 amide bonds. The predicted molar refractivity (Wildman–Crippen MR) is 129 cm³/mol. The monoisotopic (exact) mass is 478 g/mol. The molecule has 8 nitrogen and oxygen atoms in total. The van der Waals surface area contributed by atoms with Crippen molar-refractivity contribution in [3.05, 3.63) is 71.9 Å². The lowest BCUT2D eigenvalue weighted by atomic mass is 10.1. The van der Waals surface area contributed by atoms with Gasteiger partial charge in [0.25, 0.3) is 5.91 Å². The van der Waals surface area contributed by atoms with Gasteiger partial charge in [-0.1, -0.05) is 24.3 Å². The standard InChI is InChI=1S/C26H27FN4O4/c1-30-13-18(11-28-30)17-5-3-16(4-6-17)12-31-14-19(24-20(27)7-8-23(34-2)25(24)31)26(33)29-21-9-10-35-15-22(21)32/h3-8,11,13-14,21-22,32H,9-10,12,15H2,1-2H3,(H,29,33). The fourth-order valence-electron chi connectivity index (χ4n) is 4.54. The number of ether oxygens (including phenoxy) is 2. The number of aromatic nitrogens is 3. The number of carbonyl (C=O) groups excluding carboxylic acids is 1. The molecule has 182 valence electrons. The molecule has 9 heteroatoms. The molecule has 1 saturated heterocycles. The number of aryl methyl sites for hydroxylation is 1. The first-order valence-corrected chi connectivity index (χ1v) is 11.4. The van der Waals surface area contributed by atoms with Crippen LogP contribution in [0.3, 0.4) is 0 Å². The fourth-order valence-corrected chi connectivity index (χ4v) is 4.54. The highest BCUT2D eigenvalue weighted by Gasteiger charge is 2.28. The van der Waals surface area contributed by atoms with Crippen molar-refractivity contribution in [3.8, 4) is 16.9 Å². The Kier molecular flexibility index (Phi) is 6.27. The van der Waals surface area contributed by atoms with Crippen LogP contribution in [-0.4, -0.2) is 57.8 Å². The molecule has 1 aliphatic rings. The summed E-state index contributed by atoms with van der Waals surface area (Å²) in [5.41, 5.74) is 3.73. The summed E-state index contributed by atoms with van der Waals surface area (Å²) in [5.74, 6) is -0.485. The second kappa shape index (κ2) is 9.52.